The third-order valence-electron chi connectivity index (χ3n) is 3.96. The van der Waals surface area contributed by atoms with Crippen LogP contribution in [-0.4, -0.2) is 59.8 Å². The number of carbonyl (C=O) groups excluding carboxylic acids is 1. The minimum absolute atomic E-state index is 0.0539. The number of hydrogen-bond acceptors (Lipinski definition) is 7. The number of ether oxygens (including phenoxy) is 3. The van der Waals surface area contributed by atoms with Crippen LogP contribution < -0.4 is 19.6 Å². The lowest BCUT2D eigenvalue weighted by molar-refractivity contribution is -0.121. The topological polar surface area (TPSA) is 107 Å². The minimum atomic E-state index is -3.83. The van der Waals surface area contributed by atoms with E-state index in [1.165, 1.54) is 58.9 Å². The summed E-state index contributed by atoms with van der Waals surface area (Å²) >= 11 is 0. The van der Waals surface area contributed by atoms with Crippen molar-refractivity contribution >= 4 is 22.1 Å². The average molecular weight is 421 g/mol. The highest BCUT2D eigenvalue weighted by Crippen LogP contribution is 2.29. The SMILES string of the molecule is COc1ccc(S(=O)(=O)N(C)CC(=O)N/N=C\c2cccc(OC)c2OC)cc1. The van der Waals surface area contributed by atoms with Crippen molar-refractivity contribution in [3.8, 4) is 17.2 Å². The molecule has 0 bridgehead atoms. The van der Waals surface area contributed by atoms with Gasteiger partial charge in [-0.05, 0) is 36.4 Å². The van der Waals surface area contributed by atoms with Gasteiger partial charge in [-0.25, -0.2) is 13.8 Å². The lowest BCUT2D eigenvalue weighted by atomic mass is 10.2. The number of amides is 1. The number of benzene rings is 2. The monoisotopic (exact) mass is 421 g/mol. The number of nitrogens with zero attached hydrogens (tertiary/aromatic N) is 2. The molecule has 0 aliphatic carbocycles. The lowest BCUT2D eigenvalue weighted by Gasteiger charge is -2.16. The van der Waals surface area contributed by atoms with E-state index in [4.69, 9.17) is 14.2 Å². The van der Waals surface area contributed by atoms with Crippen molar-refractivity contribution < 1.29 is 27.4 Å². The Kier molecular flexibility index (Phi) is 7.57. The number of sulfonamides is 1. The van der Waals surface area contributed by atoms with Gasteiger partial charge in [0.2, 0.25) is 10.0 Å². The molecule has 1 N–H and O–H groups in total. The van der Waals surface area contributed by atoms with Gasteiger partial charge in [0.15, 0.2) is 11.5 Å². The van der Waals surface area contributed by atoms with E-state index >= 15 is 0 Å². The van der Waals surface area contributed by atoms with Gasteiger partial charge in [-0.2, -0.15) is 9.41 Å². The number of likely N-dealkylation sites (N-methyl/N-ethyl adjacent to an activating group) is 1. The molecular formula is C19H23N3O6S. The van der Waals surface area contributed by atoms with Gasteiger partial charge in [-0.1, -0.05) is 6.07 Å². The van der Waals surface area contributed by atoms with Crippen molar-refractivity contribution in [2.24, 2.45) is 5.10 Å². The molecule has 2 aromatic rings. The summed E-state index contributed by atoms with van der Waals surface area (Å²) in [5.41, 5.74) is 2.89. The molecule has 0 saturated heterocycles. The molecule has 10 heteroatoms. The fourth-order valence-electron chi connectivity index (χ4n) is 2.44. The van der Waals surface area contributed by atoms with E-state index < -0.39 is 22.5 Å². The summed E-state index contributed by atoms with van der Waals surface area (Å²) in [6.07, 6.45) is 1.39. The average Bonchev–Trinajstić information content (AvgIpc) is 2.73. The third kappa shape index (κ3) is 5.46. The smallest absolute Gasteiger partial charge is 0.255 e. The van der Waals surface area contributed by atoms with Crippen LogP contribution in [0.4, 0.5) is 0 Å². The highest BCUT2D eigenvalue weighted by atomic mass is 32.2. The molecule has 29 heavy (non-hydrogen) atoms. The molecule has 0 fully saturated rings. The van der Waals surface area contributed by atoms with Gasteiger partial charge in [0.05, 0.1) is 39.0 Å². The zero-order valence-corrected chi connectivity index (χ0v) is 17.4. The molecule has 0 heterocycles. The first-order chi connectivity index (χ1) is 13.8. The number of rotatable bonds is 9. The normalized spacial score (nSPS) is 11.5. The Bertz CT molecular complexity index is 974. The third-order valence-corrected chi connectivity index (χ3v) is 5.78. The van der Waals surface area contributed by atoms with Crippen LogP contribution in [0.5, 0.6) is 17.2 Å². The zero-order valence-electron chi connectivity index (χ0n) is 16.6. The highest BCUT2D eigenvalue weighted by molar-refractivity contribution is 7.89. The maximum Gasteiger partial charge on any atom is 0.255 e. The van der Waals surface area contributed by atoms with Gasteiger partial charge in [-0.15, -0.1) is 0 Å². The molecule has 0 atom stereocenters. The first-order valence-electron chi connectivity index (χ1n) is 8.46. The molecule has 2 aromatic carbocycles. The van der Waals surface area contributed by atoms with E-state index in [1.54, 1.807) is 18.2 Å². The van der Waals surface area contributed by atoms with Gasteiger partial charge in [0.25, 0.3) is 5.91 Å². The van der Waals surface area contributed by atoms with E-state index in [-0.39, 0.29) is 4.90 Å². The van der Waals surface area contributed by atoms with Crippen molar-refractivity contribution in [3.05, 3.63) is 48.0 Å². The van der Waals surface area contributed by atoms with Crippen molar-refractivity contribution in [1.29, 1.82) is 0 Å². The predicted octanol–water partition coefficient (Wildman–Crippen LogP) is 1.48. The molecule has 1 amide bonds. The summed E-state index contributed by atoms with van der Waals surface area (Å²) in [5.74, 6) is 0.926. The van der Waals surface area contributed by atoms with Crippen molar-refractivity contribution in [2.75, 3.05) is 34.9 Å². The van der Waals surface area contributed by atoms with Crippen LogP contribution in [0.1, 0.15) is 5.56 Å². The van der Waals surface area contributed by atoms with Gasteiger partial charge in [-0.3, -0.25) is 4.79 Å². The number of hydrogen-bond donors (Lipinski definition) is 1. The van der Waals surface area contributed by atoms with Crippen molar-refractivity contribution in [3.63, 3.8) is 0 Å². The second-order valence-electron chi connectivity index (χ2n) is 5.81. The van der Waals surface area contributed by atoms with Crippen LogP contribution in [0.25, 0.3) is 0 Å². The fourth-order valence-corrected chi connectivity index (χ4v) is 3.56. The summed E-state index contributed by atoms with van der Waals surface area (Å²) in [6, 6.07) is 11.1. The molecular weight excluding hydrogens is 398 g/mol. The number of para-hydroxylation sites is 1. The second kappa shape index (κ2) is 9.89. The molecule has 2 rings (SSSR count). The Hall–Kier alpha value is -3.11. The fraction of sp³-hybridized carbons (Fsp3) is 0.263. The summed E-state index contributed by atoms with van der Waals surface area (Å²) in [6.45, 7) is -0.402. The minimum Gasteiger partial charge on any atom is -0.497 e. The van der Waals surface area contributed by atoms with E-state index in [9.17, 15) is 13.2 Å². The molecule has 0 saturated carbocycles. The summed E-state index contributed by atoms with van der Waals surface area (Å²) < 4.78 is 41.5. The number of hydrazone groups is 1. The van der Waals surface area contributed by atoms with E-state index in [0.29, 0.717) is 22.8 Å². The highest BCUT2D eigenvalue weighted by Gasteiger charge is 2.22. The summed E-state index contributed by atoms with van der Waals surface area (Å²) in [5, 5.41) is 3.86. The number of methoxy groups -OCH3 is 3. The molecule has 0 aromatic heterocycles. The van der Waals surface area contributed by atoms with Crippen LogP contribution in [0.3, 0.4) is 0 Å². The standard InChI is InChI=1S/C19H23N3O6S/c1-22(29(24,25)16-10-8-15(26-2)9-11-16)13-18(23)21-20-12-14-6-5-7-17(27-3)19(14)28-4/h5-12H,13H2,1-4H3,(H,21,23)/b20-12-. The molecule has 0 spiro atoms. The van der Waals surface area contributed by atoms with E-state index in [2.05, 4.69) is 10.5 Å². The predicted molar refractivity (Wildman–Crippen MR) is 108 cm³/mol. The van der Waals surface area contributed by atoms with Gasteiger partial charge < -0.3 is 14.2 Å². The molecule has 0 radical (unpaired) electrons. The summed E-state index contributed by atoms with van der Waals surface area (Å²) in [7, 11) is 1.98. The molecule has 0 unspecified atom stereocenters. The van der Waals surface area contributed by atoms with Crippen molar-refractivity contribution in [1.82, 2.24) is 9.73 Å². The summed E-state index contributed by atoms with van der Waals surface area (Å²) in [4.78, 5) is 12.1. The Morgan fingerprint density at radius 1 is 1.07 bits per heavy atom. The maximum absolute atomic E-state index is 12.6. The number of nitrogens with one attached hydrogen (secondary N) is 1. The van der Waals surface area contributed by atoms with Gasteiger partial charge in [0.1, 0.15) is 5.75 Å². The van der Waals surface area contributed by atoms with Crippen LogP contribution >= 0.6 is 0 Å². The quantitative estimate of drug-likeness (QED) is 0.486. The first kappa shape index (κ1) is 22.2. The second-order valence-corrected chi connectivity index (χ2v) is 7.86. The van der Waals surface area contributed by atoms with Crippen LogP contribution in [0.2, 0.25) is 0 Å². The van der Waals surface area contributed by atoms with Crippen LogP contribution in [-0.2, 0) is 14.8 Å². The van der Waals surface area contributed by atoms with E-state index in [1.807, 2.05) is 0 Å². The Labute approximate surface area is 169 Å². The zero-order chi connectivity index (χ0) is 21.4. The molecule has 9 nitrogen and oxygen atoms in total. The number of carbonyl (C=O) groups is 1. The largest absolute Gasteiger partial charge is 0.497 e. The Morgan fingerprint density at radius 2 is 1.76 bits per heavy atom. The lowest BCUT2D eigenvalue weighted by Crippen LogP contribution is -2.36. The van der Waals surface area contributed by atoms with Gasteiger partial charge >= 0.3 is 0 Å². The van der Waals surface area contributed by atoms with E-state index in [0.717, 1.165) is 4.31 Å². The molecule has 156 valence electrons. The van der Waals surface area contributed by atoms with Gasteiger partial charge in [0, 0.05) is 12.6 Å². The van der Waals surface area contributed by atoms with Crippen LogP contribution in [0, 0.1) is 0 Å². The Balaban J connectivity index is 2.02. The Morgan fingerprint density at radius 3 is 2.34 bits per heavy atom. The molecule has 0 aliphatic heterocycles. The first-order valence-corrected chi connectivity index (χ1v) is 9.90. The van der Waals surface area contributed by atoms with Crippen molar-refractivity contribution in [2.45, 2.75) is 4.90 Å². The maximum atomic E-state index is 12.6. The molecule has 0 aliphatic rings. The van der Waals surface area contributed by atoms with Crippen LogP contribution in [0.15, 0.2) is 52.5 Å².